The van der Waals surface area contributed by atoms with Gasteiger partial charge in [0, 0.05) is 10.5 Å². The van der Waals surface area contributed by atoms with Gasteiger partial charge in [-0.25, -0.2) is 4.39 Å². The lowest BCUT2D eigenvalue weighted by Crippen LogP contribution is -1.86. The summed E-state index contributed by atoms with van der Waals surface area (Å²) in [6.45, 7) is 1.81. The average Bonchev–Trinajstić information content (AvgIpc) is 2.58. The molecule has 0 bridgehead atoms. The lowest BCUT2D eigenvalue weighted by atomic mass is 10.1. The highest BCUT2D eigenvalue weighted by molar-refractivity contribution is 9.10. The van der Waals surface area contributed by atoms with Gasteiger partial charge in [0.25, 0.3) is 0 Å². The molecule has 0 saturated carbocycles. The van der Waals surface area contributed by atoms with Gasteiger partial charge in [-0.15, -0.1) is 0 Å². The third-order valence-electron chi connectivity index (χ3n) is 2.04. The van der Waals surface area contributed by atoms with Crippen LogP contribution in [0.2, 0.25) is 0 Å². The molecule has 0 amide bonds. The van der Waals surface area contributed by atoms with Crippen LogP contribution in [-0.2, 0) is 0 Å². The number of hydrogen-bond donors (Lipinski definition) is 1. The van der Waals surface area contributed by atoms with E-state index in [-0.39, 0.29) is 11.6 Å². The van der Waals surface area contributed by atoms with E-state index in [1.165, 1.54) is 12.1 Å². The number of aryl methyl sites for hydroxylation is 1. The normalized spacial score (nSPS) is 10.6. The largest absolute Gasteiger partial charge is 0.381 e. The van der Waals surface area contributed by atoms with Crippen molar-refractivity contribution in [3.8, 4) is 11.3 Å². The van der Waals surface area contributed by atoms with Crippen molar-refractivity contribution in [2.45, 2.75) is 6.92 Å². The summed E-state index contributed by atoms with van der Waals surface area (Å²) in [5.74, 6) is 0.207. The first kappa shape index (κ1) is 10.2. The molecule has 2 aromatic rings. The van der Waals surface area contributed by atoms with Gasteiger partial charge in [0.15, 0.2) is 11.6 Å². The van der Waals surface area contributed by atoms with Crippen LogP contribution in [0.4, 0.5) is 10.2 Å². The molecular weight excluding hydrogens is 263 g/mol. The minimum atomic E-state index is -0.355. The quantitative estimate of drug-likeness (QED) is 0.866. The molecule has 0 spiro atoms. The maximum Gasteiger partial charge on any atom is 0.172 e. The number of rotatable bonds is 1. The van der Waals surface area contributed by atoms with Crippen LogP contribution in [0, 0.1) is 12.7 Å². The second-order valence-electron chi connectivity index (χ2n) is 3.20. The van der Waals surface area contributed by atoms with Gasteiger partial charge in [0.2, 0.25) is 0 Å². The number of nitrogens with zero attached hydrogens (tertiary/aromatic N) is 1. The van der Waals surface area contributed by atoms with Gasteiger partial charge >= 0.3 is 0 Å². The van der Waals surface area contributed by atoms with Gasteiger partial charge in [-0.3, -0.25) is 0 Å². The Labute approximate surface area is 94.2 Å². The SMILES string of the molecule is Cc1cc(F)c(-c2cc(N)no2)cc1Br. The zero-order valence-corrected chi connectivity index (χ0v) is 9.51. The summed E-state index contributed by atoms with van der Waals surface area (Å²) in [5.41, 5.74) is 6.56. The minimum absolute atomic E-state index is 0.237. The van der Waals surface area contributed by atoms with Crippen molar-refractivity contribution in [3.05, 3.63) is 34.1 Å². The second-order valence-corrected chi connectivity index (χ2v) is 4.05. The molecule has 0 aliphatic rings. The van der Waals surface area contributed by atoms with Crippen molar-refractivity contribution in [2.75, 3.05) is 5.73 Å². The molecule has 1 aromatic carbocycles. The molecule has 5 heteroatoms. The van der Waals surface area contributed by atoms with E-state index >= 15 is 0 Å². The van der Waals surface area contributed by atoms with Gasteiger partial charge in [-0.05, 0) is 24.6 Å². The zero-order valence-electron chi connectivity index (χ0n) is 7.92. The van der Waals surface area contributed by atoms with Crippen molar-refractivity contribution < 1.29 is 8.91 Å². The third-order valence-corrected chi connectivity index (χ3v) is 2.90. The monoisotopic (exact) mass is 270 g/mol. The van der Waals surface area contributed by atoms with Crippen LogP contribution < -0.4 is 5.73 Å². The van der Waals surface area contributed by atoms with E-state index in [2.05, 4.69) is 21.1 Å². The van der Waals surface area contributed by atoms with Gasteiger partial charge in [-0.1, -0.05) is 21.1 Å². The summed E-state index contributed by atoms with van der Waals surface area (Å²) in [6.07, 6.45) is 0. The summed E-state index contributed by atoms with van der Waals surface area (Å²) < 4.78 is 19.3. The zero-order chi connectivity index (χ0) is 11.0. The maximum atomic E-state index is 13.6. The van der Waals surface area contributed by atoms with Crippen LogP contribution >= 0.6 is 15.9 Å². The van der Waals surface area contributed by atoms with Crippen LogP contribution in [0.25, 0.3) is 11.3 Å². The van der Waals surface area contributed by atoms with E-state index in [0.717, 1.165) is 10.0 Å². The summed E-state index contributed by atoms with van der Waals surface area (Å²) in [4.78, 5) is 0. The number of halogens is 2. The van der Waals surface area contributed by atoms with Gasteiger partial charge < -0.3 is 10.3 Å². The highest BCUT2D eigenvalue weighted by Gasteiger charge is 2.12. The Morgan fingerprint density at radius 2 is 2.13 bits per heavy atom. The molecular formula is C10H8BrFN2O. The summed E-state index contributed by atoms with van der Waals surface area (Å²) in [7, 11) is 0. The predicted octanol–water partition coefficient (Wildman–Crippen LogP) is 3.13. The smallest absolute Gasteiger partial charge is 0.172 e. The van der Waals surface area contributed by atoms with E-state index < -0.39 is 0 Å². The Bertz CT molecular complexity index is 510. The molecule has 0 unspecified atom stereocenters. The fourth-order valence-electron chi connectivity index (χ4n) is 1.25. The lowest BCUT2D eigenvalue weighted by Gasteiger charge is -2.02. The molecule has 2 N–H and O–H groups in total. The number of nitrogens with two attached hydrogens (primary N) is 1. The highest BCUT2D eigenvalue weighted by atomic mass is 79.9. The fraction of sp³-hybridized carbons (Fsp3) is 0.100. The van der Waals surface area contributed by atoms with Crippen LogP contribution in [0.1, 0.15) is 5.56 Å². The Morgan fingerprint density at radius 3 is 2.73 bits per heavy atom. The van der Waals surface area contributed by atoms with Crippen LogP contribution in [0.3, 0.4) is 0 Å². The Hall–Kier alpha value is -1.36. The van der Waals surface area contributed by atoms with Gasteiger partial charge in [-0.2, -0.15) is 0 Å². The predicted molar refractivity (Wildman–Crippen MR) is 58.7 cm³/mol. The summed E-state index contributed by atoms with van der Waals surface area (Å²) >= 11 is 3.32. The van der Waals surface area contributed by atoms with Gasteiger partial charge in [0.05, 0.1) is 5.56 Å². The molecule has 15 heavy (non-hydrogen) atoms. The molecule has 0 aliphatic carbocycles. The van der Waals surface area contributed by atoms with E-state index in [0.29, 0.717) is 11.3 Å². The maximum absolute atomic E-state index is 13.6. The van der Waals surface area contributed by atoms with Crippen LogP contribution in [0.5, 0.6) is 0 Å². The lowest BCUT2D eigenvalue weighted by molar-refractivity contribution is 0.433. The fourth-order valence-corrected chi connectivity index (χ4v) is 1.59. The van der Waals surface area contributed by atoms with E-state index in [4.69, 9.17) is 10.3 Å². The first-order valence-electron chi connectivity index (χ1n) is 4.26. The summed E-state index contributed by atoms with van der Waals surface area (Å²) in [6, 6.07) is 4.56. The number of hydrogen-bond acceptors (Lipinski definition) is 3. The molecule has 0 radical (unpaired) electrons. The molecule has 0 atom stereocenters. The van der Waals surface area contributed by atoms with Crippen molar-refractivity contribution in [1.82, 2.24) is 5.16 Å². The van der Waals surface area contributed by atoms with Crippen molar-refractivity contribution >= 4 is 21.7 Å². The van der Waals surface area contributed by atoms with Crippen LogP contribution in [-0.4, -0.2) is 5.16 Å². The molecule has 0 fully saturated rings. The second kappa shape index (κ2) is 3.66. The van der Waals surface area contributed by atoms with Crippen molar-refractivity contribution in [3.63, 3.8) is 0 Å². The number of anilines is 1. The number of benzene rings is 1. The molecule has 3 nitrogen and oxygen atoms in total. The van der Waals surface area contributed by atoms with Crippen LogP contribution in [0.15, 0.2) is 27.2 Å². The third kappa shape index (κ3) is 1.87. The highest BCUT2D eigenvalue weighted by Crippen LogP contribution is 2.29. The van der Waals surface area contributed by atoms with Crippen molar-refractivity contribution in [1.29, 1.82) is 0 Å². The van der Waals surface area contributed by atoms with Gasteiger partial charge in [0.1, 0.15) is 5.82 Å². The Morgan fingerprint density at radius 1 is 1.40 bits per heavy atom. The molecule has 0 saturated heterocycles. The Balaban J connectivity index is 2.58. The number of nitrogen functional groups attached to an aromatic ring is 1. The minimum Gasteiger partial charge on any atom is -0.381 e. The number of aromatic nitrogens is 1. The van der Waals surface area contributed by atoms with E-state index in [9.17, 15) is 4.39 Å². The van der Waals surface area contributed by atoms with Crippen molar-refractivity contribution in [2.24, 2.45) is 0 Å². The Kier molecular flexibility index (Phi) is 2.48. The van der Waals surface area contributed by atoms with E-state index in [1.807, 2.05) is 6.92 Å². The topological polar surface area (TPSA) is 52.0 Å². The molecule has 1 heterocycles. The molecule has 0 aliphatic heterocycles. The van der Waals surface area contributed by atoms with E-state index in [1.54, 1.807) is 6.07 Å². The first-order chi connectivity index (χ1) is 7.08. The molecule has 1 aromatic heterocycles. The average molecular weight is 271 g/mol. The first-order valence-corrected chi connectivity index (χ1v) is 5.05. The summed E-state index contributed by atoms with van der Waals surface area (Å²) in [5, 5.41) is 3.51. The molecule has 2 rings (SSSR count). The molecule has 78 valence electrons. The standard InChI is InChI=1S/C10H8BrFN2O/c1-5-2-8(12)6(3-7(5)11)9-4-10(13)14-15-9/h2-4H,1H3,(H2,13,14).